The van der Waals surface area contributed by atoms with E-state index in [2.05, 4.69) is 11.4 Å². The summed E-state index contributed by atoms with van der Waals surface area (Å²) in [5, 5.41) is 11.9. The first-order valence-electron chi connectivity index (χ1n) is 8.03. The number of carbonyl (C=O) groups is 2. The van der Waals surface area contributed by atoms with Crippen LogP contribution in [0.5, 0.6) is 0 Å². The predicted molar refractivity (Wildman–Crippen MR) is 83.6 cm³/mol. The van der Waals surface area contributed by atoms with Gasteiger partial charge in [0.1, 0.15) is 5.54 Å². The van der Waals surface area contributed by atoms with Crippen molar-refractivity contribution in [1.82, 2.24) is 5.32 Å². The molecule has 0 saturated heterocycles. The largest absolute Gasteiger partial charge is 0.452 e. The van der Waals surface area contributed by atoms with E-state index in [4.69, 9.17) is 4.74 Å². The van der Waals surface area contributed by atoms with Gasteiger partial charge >= 0.3 is 5.97 Å². The van der Waals surface area contributed by atoms with Crippen molar-refractivity contribution in [2.24, 2.45) is 5.92 Å². The van der Waals surface area contributed by atoms with Crippen LogP contribution in [-0.2, 0) is 22.4 Å². The number of aryl methyl sites for hydroxylation is 2. The molecule has 1 atom stereocenters. The summed E-state index contributed by atoms with van der Waals surface area (Å²) in [6.07, 6.45) is 5.04. The molecule has 1 aromatic rings. The number of hydrogen-bond acceptors (Lipinski definition) is 4. The Bertz CT molecular complexity index is 688. The fraction of sp³-hybridized carbons (Fsp3) is 0.500. The van der Waals surface area contributed by atoms with Crippen LogP contribution in [0.15, 0.2) is 18.2 Å². The van der Waals surface area contributed by atoms with Gasteiger partial charge in [-0.1, -0.05) is 6.07 Å². The summed E-state index contributed by atoms with van der Waals surface area (Å²) >= 11 is 0. The van der Waals surface area contributed by atoms with Gasteiger partial charge in [-0.3, -0.25) is 4.79 Å². The highest BCUT2D eigenvalue weighted by Crippen LogP contribution is 2.39. The lowest BCUT2D eigenvalue weighted by atomic mass is 9.98. The van der Waals surface area contributed by atoms with Gasteiger partial charge in [0, 0.05) is 0 Å². The molecule has 2 aliphatic rings. The molecular formula is C18H20N2O3. The van der Waals surface area contributed by atoms with Crippen LogP contribution in [0.25, 0.3) is 0 Å². The first-order chi connectivity index (χ1) is 11.0. The van der Waals surface area contributed by atoms with Crippen molar-refractivity contribution in [3.05, 3.63) is 34.9 Å². The minimum atomic E-state index is -0.864. The topological polar surface area (TPSA) is 79.2 Å². The Morgan fingerprint density at radius 2 is 2.09 bits per heavy atom. The van der Waals surface area contributed by atoms with Gasteiger partial charge in [0.2, 0.25) is 0 Å². The van der Waals surface area contributed by atoms with Gasteiger partial charge in [-0.2, -0.15) is 5.26 Å². The SMILES string of the molecule is C[C@](C#N)(NC(=O)COC(=O)c1ccc2c(c1)CCC2)C1CC1. The number of amides is 1. The molecule has 1 amide bonds. The van der Waals surface area contributed by atoms with Gasteiger partial charge in [0.25, 0.3) is 5.91 Å². The maximum atomic E-state index is 12.1. The molecule has 0 unspecified atom stereocenters. The van der Waals surface area contributed by atoms with E-state index in [1.54, 1.807) is 13.0 Å². The molecule has 0 aromatic heterocycles. The summed E-state index contributed by atoms with van der Waals surface area (Å²) in [5.41, 5.74) is 2.09. The van der Waals surface area contributed by atoms with Crippen molar-refractivity contribution < 1.29 is 14.3 Å². The third kappa shape index (κ3) is 3.37. The molecule has 5 heteroatoms. The Labute approximate surface area is 135 Å². The maximum absolute atomic E-state index is 12.1. The number of benzene rings is 1. The molecule has 1 fully saturated rings. The Morgan fingerprint density at radius 1 is 1.35 bits per heavy atom. The predicted octanol–water partition coefficient (Wildman–Crippen LogP) is 2.14. The highest BCUT2D eigenvalue weighted by atomic mass is 16.5. The Kier molecular flexibility index (Phi) is 4.08. The Balaban J connectivity index is 1.54. The molecule has 0 spiro atoms. The number of hydrogen-bond donors (Lipinski definition) is 1. The number of nitrogens with one attached hydrogen (secondary N) is 1. The molecule has 2 aliphatic carbocycles. The molecule has 23 heavy (non-hydrogen) atoms. The first kappa shape index (κ1) is 15.5. The Hall–Kier alpha value is -2.35. The molecule has 1 N–H and O–H groups in total. The lowest BCUT2D eigenvalue weighted by Crippen LogP contribution is -2.48. The van der Waals surface area contributed by atoms with Gasteiger partial charge < -0.3 is 10.1 Å². The summed E-state index contributed by atoms with van der Waals surface area (Å²) in [4.78, 5) is 24.0. The molecule has 1 saturated carbocycles. The summed E-state index contributed by atoms with van der Waals surface area (Å²) in [6.45, 7) is 1.35. The molecule has 0 heterocycles. The van der Waals surface area contributed by atoms with Crippen LogP contribution in [0.3, 0.4) is 0 Å². The fourth-order valence-electron chi connectivity index (χ4n) is 3.12. The molecule has 3 rings (SSSR count). The number of rotatable bonds is 5. The molecular weight excluding hydrogens is 292 g/mol. The number of esters is 1. The Morgan fingerprint density at radius 3 is 2.78 bits per heavy atom. The van der Waals surface area contributed by atoms with Crippen LogP contribution in [0.1, 0.15) is 47.7 Å². The highest BCUT2D eigenvalue weighted by Gasteiger charge is 2.43. The summed E-state index contributed by atoms with van der Waals surface area (Å²) < 4.78 is 5.08. The monoisotopic (exact) mass is 312 g/mol. The van der Waals surface area contributed by atoms with Crippen LogP contribution < -0.4 is 5.32 Å². The van der Waals surface area contributed by atoms with Crippen LogP contribution in [0.4, 0.5) is 0 Å². The maximum Gasteiger partial charge on any atom is 0.338 e. The van der Waals surface area contributed by atoms with E-state index in [9.17, 15) is 14.9 Å². The molecule has 5 nitrogen and oxygen atoms in total. The van der Waals surface area contributed by atoms with Crippen LogP contribution in [-0.4, -0.2) is 24.0 Å². The van der Waals surface area contributed by atoms with Gasteiger partial charge in [-0.05, 0) is 68.2 Å². The van der Waals surface area contributed by atoms with E-state index in [0.717, 1.165) is 32.1 Å². The van der Waals surface area contributed by atoms with Crippen molar-refractivity contribution in [3.63, 3.8) is 0 Å². The van der Waals surface area contributed by atoms with E-state index < -0.39 is 17.4 Å². The number of nitrogens with zero attached hydrogens (tertiary/aromatic N) is 1. The molecule has 120 valence electrons. The number of ether oxygens (including phenoxy) is 1. The first-order valence-corrected chi connectivity index (χ1v) is 8.03. The van der Waals surface area contributed by atoms with Crippen molar-refractivity contribution in [2.45, 2.75) is 44.6 Å². The standard InChI is InChI=1S/C18H20N2O3/c1-18(11-19,15-7-8-15)20-16(21)10-23-17(22)14-6-5-12-3-2-4-13(12)9-14/h5-6,9,15H,2-4,7-8,10H2,1H3,(H,20,21)/t18-/m1/s1. The van der Waals surface area contributed by atoms with E-state index in [-0.39, 0.29) is 12.5 Å². The normalized spacial score (nSPS) is 18.4. The lowest BCUT2D eigenvalue weighted by Gasteiger charge is -2.22. The summed E-state index contributed by atoms with van der Waals surface area (Å²) in [6, 6.07) is 7.70. The zero-order chi connectivity index (χ0) is 16.4. The lowest BCUT2D eigenvalue weighted by molar-refractivity contribution is -0.125. The van der Waals surface area contributed by atoms with Crippen molar-refractivity contribution >= 4 is 11.9 Å². The number of nitriles is 1. The average Bonchev–Trinajstić information content (AvgIpc) is 3.31. The zero-order valence-corrected chi connectivity index (χ0v) is 13.2. The smallest absolute Gasteiger partial charge is 0.338 e. The summed E-state index contributed by atoms with van der Waals surface area (Å²) in [5.74, 6) is -0.737. The number of fused-ring (bicyclic) bond motifs is 1. The van der Waals surface area contributed by atoms with Crippen molar-refractivity contribution in [2.75, 3.05) is 6.61 Å². The van der Waals surface area contributed by atoms with E-state index in [1.165, 1.54) is 11.1 Å². The number of carbonyl (C=O) groups excluding carboxylic acids is 2. The van der Waals surface area contributed by atoms with Gasteiger partial charge in [0.05, 0.1) is 11.6 Å². The van der Waals surface area contributed by atoms with Gasteiger partial charge in [-0.15, -0.1) is 0 Å². The third-order valence-electron chi connectivity index (χ3n) is 4.69. The highest BCUT2D eigenvalue weighted by molar-refractivity contribution is 5.91. The molecule has 0 bridgehead atoms. The summed E-state index contributed by atoms with van der Waals surface area (Å²) in [7, 11) is 0. The van der Waals surface area contributed by atoms with Crippen molar-refractivity contribution in [1.29, 1.82) is 5.26 Å². The second kappa shape index (κ2) is 6.04. The average molecular weight is 312 g/mol. The van der Waals surface area contributed by atoms with Gasteiger partial charge in [-0.25, -0.2) is 4.79 Å². The van der Waals surface area contributed by atoms with E-state index in [0.29, 0.717) is 5.56 Å². The van der Waals surface area contributed by atoms with Gasteiger partial charge in [0.15, 0.2) is 6.61 Å². The second-order valence-corrected chi connectivity index (χ2v) is 6.55. The van der Waals surface area contributed by atoms with Crippen LogP contribution >= 0.6 is 0 Å². The van der Waals surface area contributed by atoms with Crippen LogP contribution in [0, 0.1) is 17.2 Å². The quantitative estimate of drug-likeness (QED) is 0.845. The minimum Gasteiger partial charge on any atom is -0.452 e. The molecule has 1 aromatic carbocycles. The fourth-order valence-corrected chi connectivity index (χ4v) is 3.12. The van der Waals surface area contributed by atoms with Crippen LogP contribution in [0.2, 0.25) is 0 Å². The molecule has 0 radical (unpaired) electrons. The second-order valence-electron chi connectivity index (χ2n) is 6.55. The third-order valence-corrected chi connectivity index (χ3v) is 4.69. The zero-order valence-electron chi connectivity index (χ0n) is 13.2. The van der Waals surface area contributed by atoms with E-state index >= 15 is 0 Å². The van der Waals surface area contributed by atoms with E-state index in [1.807, 2.05) is 12.1 Å². The minimum absolute atomic E-state index is 0.198. The molecule has 0 aliphatic heterocycles. The van der Waals surface area contributed by atoms with Crippen molar-refractivity contribution in [3.8, 4) is 6.07 Å².